The van der Waals surface area contributed by atoms with Crippen molar-refractivity contribution < 1.29 is 27.8 Å². The molecule has 1 atom stereocenters. The third-order valence-corrected chi connectivity index (χ3v) is 2.22. The Morgan fingerprint density at radius 3 is 2.21 bits per heavy atom. The van der Waals surface area contributed by atoms with Crippen LogP contribution in [0.1, 0.15) is 26.7 Å². The average Bonchev–Trinajstić information content (AvgIpc) is 2.01. The molecule has 0 aromatic rings. The standard InChI is InChI=1S/C8H13F3O3/c1-3-7(2,6(12)13)4-5-14-8(9,10)11/h3-5H2,1-2H3,(H,12,13). The number of halogens is 3. The Hall–Kier alpha value is -0.780. The van der Waals surface area contributed by atoms with Crippen molar-refractivity contribution in [3.05, 3.63) is 0 Å². The SMILES string of the molecule is CCC(C)(CCOC(F)(F)F)C(=O)O. The summed E-state index contributed by atoms with van der Waals surface area (Å²) in [7, 11) is 0. The van der Waals surface area contributed by atoms with Gasteiger partial charge in [-0.2, -0.15) is 0 Å². The Morgan fingerprint density at radius 1 is 1.43 bits per heavy atom. The van der Waals surface area contributed by atoms with E-state index in [-0.39, 0.29) is 12.8 Å². The van der Waals surface area contributed by atoms with Crippen LogP contribution in [0.2, 0.25) is 0 Å². The first-order chi connectivity index (χ1) is 6.21. The van der Waals surface area contributed by atoms with Gasteiger partial charge in [0.05, 0.1) is 12.0 Å². The molecular formula is C8H13F3O3. The quantitative estimate of drug-likeness (QED) is 0.764. The summed E-state index contributed by atoms with van der Waals surface area (Å²) in [4.78, 5) is 10.7. The summed E-state index contributed by atoms with van der Waals surface area (Å²) >= 11 is 0. The van der Waals surface area contributed by atoms with E-state index in [1.54, 1.807) is 6.92 Å². The van der Waals surface area contributed by atoms with Gasteiger partial charge in [-0.25, -0.2) is 0 Å². The van der Waals surface area contributed by atoms with Crippen molar-refractivity contribution in [2.75, 3.05) is 6.61 Å². The molecule has 1 N–H and O–H groups in total. The molecule has 0 amide bonds. The monoisotopic (exact) mass is 214 g/mol. The van der Waals surface area contributed by atoms with Crippen molar-refractivity contribution in [1.29, 1.82) is 0 Å². The first-order valence-corrected chi connectivity index (χ1v) is 4.15. The Balaban J connectivity index is 4.04. The normalized spacial score (nSPS) is 16.4. The number of hydrogen-bond donors (Lipinski definition) is 1. The summed E-state index contributed by atoms with van der Waals surface area (Å²) < 4.78 is 38.2. The number of aliphatic carboxylic acids is 1. The van der Waals surface area contributed by atoms with Gasteiger partial charge in [-0.3, -0.25) is 9.53 Å². The zero-order chi connectivity index (χ0) is 11.4. The van der Waals surface area contributed by atoms with E-state index in [0.717, 1.165) is 0 Å². The summed E-state index contributed by atoms with van der Waals surface area (Å²) in [6.07, 6.45) is -4.57. The van der Waals surface area contributed by atoms with E-state index in [1.807, 2.05) is 0 Å². The maximum absolute atomic E-state index is 11.6. The molecule has 3 nitrogen and oxygen atoms in total. The molecule has 1 unspecified atom stereocenters. The molecule has 0 saturated carbocycles. The van der Waals surface area contributed by atoms with Crippen LogP contribution in [0.3, 0.4) is 0 Å². The van der Waals surface area contributed by atoms with Crippen molar-refractivity contribution in [2.24, 2.45) is 5.41 Å². The van der Waals surface area contributed by atoms with Gasteiger partial charge < -0.3 is 5.11 Å². The molecule has 0 heterocycles. The van der Waals surface area contributed by atoms with Crippen LogP contribution in [0.4, 0.5) is 13.2 Å². The summed E-state index contributed by atoms with van der Waals surface area (Å²) in [5, 5.41) is 8.73. The molecule has 0 spiro atoms. The van der Waals surface area contributed by atoms with Gasteiger partial charge in [0.1, 0.15) is 0 Å². The summed E-state index contributed by atoms with van der Waals surface area (Å²) in [5.74, 6) is -1.11. The summed E-state index contributed by atoms with van der Waals surface area (Å²) in [6, 6.07) is 0. The predicted molar refractivity (Wildman–Crippen MR) is 42.7 cm³/mol. The van der Waals surface area contributed by atoms with E-state index in [4.69, 9.17) is 5.11 Å². The molecule has 0 radical (unpaired) electrons. The first-order valence-electron chi connectivity index (χ1n) is 4.15. The molecule has 0 fully saturated rings. The van der Waals surface area contributed by atoms with E-state index >= 15 is 0 Å². The zero-order valence-corrected chi connectivity index (χ0v) is 8.02. The van der Waals surface area contributed by atoms with E-state index < -0.39 is 24.4 Å². The van der Waals surface area contributed by atoms with Crippen molar-refractivity contribution in [3.8, 4) is 0 Å². The lowest BCUT2D eigenvalue weighted by Crippen LogP contribution is -2.29. The molecule has 0 aromatic carbocycles. The summed E-state index contributed by atoms with van der Waals surface area (Å²) in [5.41, 5.74) is -1.15. The first kappa shape index (κ1) is 13.2. The third kappa shape index (κ3) is 4.45. The molecule has 0 bridgehead atoms. The highest BCUT2D eigenvalue weighted by molar-refractivity contribution is 5.73. The van der Waals surface area contributed by atoms with Crippen LogP contribution in [-0.4, -0.2) is 24.0 Å². The van der Waals surface area contributed by atoms with E-state index in [9.17, 15) is 18.0 Å². The third-order valence-electron chi connectivity index (χ3n) is 2.22. The second-order valence-corrected chi connectivity index (χ2v) is 3.26. The van der Waals surface area contributed by atoms with Gasteiger partial charge in [0, 0.05) is 0 Å². The fraction of sp³-hybridized carbons (Fsp3) is 0.875. The van der Waals surface area contributed by atoms with Gasteiger partial charge in [-0.1, -0.05) is 6.92 Å². The topological polar surface area (TPSA) is 46.5 Å². The predicted octanol–water partition coefficient (Wildman–Crippen LogP) is 2.41. The number of hydrogen-bond acceptors (Lipinski definition) is 2. The largest absolute Gasteiger partial charge is 0.522 e. The second-order valence-electron chi connectivity index (χ2n) is 3.26. The minimum absolute atomic E-state index is 0.154. The van der Waals surface area contributed by atoms with Gasteiger partial charge in [-0.05, 0) is 19.8 Å². The smallest absolute Gasteiger partial charge is 0.481 e. The van der Waals surface area contributed by atoms with Gasteiger partial charge >= 0.3 is 12.3 Å². The second kappa shape index (κ2) is 4.63. The van der Waals surface area contributed by atoms with E-state index in [1.165, 1.54) is 6.92 Å². The maximum atomic E-state index is 11.6. The zero-order valence-electron chi connectivity index (χ0n) is 8.02. The molecule has 84 valence electrons. The lowest BCUT2D eigenvalue weighted by Gasteiger charge is -2.22. The van der Waals surface area contributed by atoms with Gasteiger partial charge in [0.15, 0.2) is 0 Å². The molecule has 0 aliphatic rings. The molecule has 14 heavy (non-hydrogen) atoms. The van der Waals surface area contributed by atoms with Crippen LogP contribution in [0.15, 0.2) is 0 Å². The molecular weight excluding hydrogens is 201 g/mol. The van der Waals surface area contributed by atoms with Gasteiger partial charge in [0.25, 0.3) is 0 Å². The van der Waals surface area contributed by atoms with Crippen molar-refractivity contribution in [3.63, 3.8) is 0 Å². The van der Waals surface area contributed by atoms with Crippen molar-refractivity contribution in [2.45, 2.75) is 33.1 Å². The fourth-order valence-corrected chi connectivity index (χ4v) is 0.827. The lowest BCUT2D eigenvalue weighted by molar-refractivity contribution is -0.326. The molecule has 0 rings (SSSR count). The minimum Gasteiger partial charge on any atom is -0.481 e. The van der Waals surface area contributed by atoms with Crippen molar-refractivity contribution >= 4 is 5.97 Å². The van der Waals surface area contributed by atoms with Crippen LogP contribution in [0.5, 0.6) is 0 Å². The number of carboxylic acid groups (broad SMARTS) is 1. The highest BCUT2D eigenvalue weighted by atomic mass is 19.4. The highest BCUT2D eigenvalue weighted by Gasteiger charge is 2.34. The number of carbonyl (C=O) groups is 1. The maximum Gasteiger partial charge on any atom is 0.522 e. The van der Waals surface area contributed by atoms with Crippen LogP contribution < -0.4 is 0 Å². The molecule has 0 aromatic heterocycles. The summed E-state index contributed by atoms with van der Waals surface area (Å²) in [6.45, 7) is 2.39. The fourth-order valence-electron chi connectivity index (χ4n) is 0.827. The number of rotatable bonds is 5. The Morgan fingerprint density at radius 2 is 1.93 bits per heavy atom. The Bertz CT molecular complexity index is 202. The molecule has 0 saturated heterocycles. The molecule has 0 aliphatic carbocycles. The number of carboxylic acids is 1. The molecule has 6 heteroatoms. The Labute approximate surface area is 79.9 Å². The highest BCUT2D eigenvalue weighted by Crippen LogP contribution is 2.27. The van der Waals surface area contributed by atoms with E-state index in [2.05, 4.69) is 4.74 Å². The van der Waals surface area contributed by atoms with Crippen LogP contribution in [0, 0.1) is 5.41 Å². The average molecular weight is 214 g/mol. The van der Waals surface area contributed by atoms with Gasteiger partial charge in [0.2, 0.25) is 0 Å². The minimum atomic E-state index is -4.69. The van der Waals surface area contributed by atoms with Crippen LogP contribution >= 0.6 is 0 Å². The van der Waals surface area contributed by atoms with Gasteiger partial charge in [-0.15, -0.1) is 13.2 Å². The van der Waals surface area contributed by atoms with Crippen LogP contribution in [-0.2, 0) is 9.53 Å². The lowest BCUT2D eigenvalue weighted by atomic mass is 9.84. The van der Waals surface area contributed by atoms with Crippen molar-refractivity contribution in [1.82, 2.24) is 0 Å². The number of alkyl halides is 3. The van der Waals surface area contributed by atoms with Crippen LogP contribution in [0.25, 0.3) is 0 Å². The number of ether oxygens (including phenoxy) is 1. The molecule has 0 aliphatic heterocycles. The van der Waals surface area contributed by atoms with E-state index in [0.29, 0.717) is 0 Å². The Kier molecular flexibility index (Phi) is 4.38.